The molecule has 5 nitrogen and oxygen atoms in total. The van der Waals surface area contributed by atoms with Crippen LogP contribution in [0.4, 0.5) is 5.82 Å². The molecule has 3 heterocycles. The molecule has 1 aromatic rings. The Kier molecular flexibility index (Phi) is 3.78. The molecule has 0 N–H and O–H groups in total. The zero-order valence-electron chi connectivity index (χ0n) is 13.3. The largest absolute Gasteiger partial charge is 0.378 e. The monoisotopic (exact) mass is 303 g/mol. The van der Waals surface area contributed by atoms with E-state index in [2.05, 4.69) is 20.9 Å². The number of aromatic nitrogens is 2. The van der Waals surface area contributed by atoms with Gasteiger partial charge in [-0.2, -0.15) is 0 Å². The summed E-state index contributed by atoms with van der Waals surface area (Å²) < 4.78 is 11.9. The molecule has 3 fully saturated rings. The van der Waals surface area contributed by atoms with Crippen molar-refractivity contribution in [3.05, 3.63) is 18.1 Å². The van der Waals surface area contributed by atoms with E-state index >= 15 is 0 Å². The van der Waals surface area contributed by atoms with Crippen LogP contribution in [-0.4, -0.2) is 48.5 Å². The number of piperidine rings is 1. The van der Waals surface area contributed by atoms with E-state index in [1.807, 2.05) is 7.11 Å². The summed E-state index contributed by atoms with van der Waals surface area (Å²) >= 11 is 0. The fraction of sp³-hybridized carbons (Fsp3) is 0.765. The third-order valence-corrected chi connectivity index (χ3v) is 5.47. The van der Waals surface area contributed by atoms with Crippen molar-refractivity contribution in [1.82, 2.24) is 9.97 Å². The van der Waals surface area contributed by atoms with Gasteiger partial charge < -0.3 is 14.4 Å². The molecule has 0 bridgehead atoms. The summed E-state index contributed by atoms with van der Waals surface area (Å²) in [5.74, 6) is 1.76. The van der Waals surface area contributed by atoms with Crippen LogP contribution in [0.25, 0.3) is 0 Å². The van der Waals surface area contributed by atoms with Crippen LogP contribution in [0, 0.1) is 0 Å². The Hall–Kier alpha value is -1.20. The number of hydrogen-bond donors (Lipinski definition) is 0. The van der Waals surface area contributed by atoms with E-state index < -0.39 is 0 Å². The molecule has 1 spiro atoms. The van der Waals surface area contributed by atoms with Crippen LogP contribution < -0.4 is 4.90 Å². The molecule has 0 aromatic carbocycles. The predicted molar refractivity (Wildman–Crippen MR) is 84.2 cm³/mol. The fourth-order valence-corrected chi connectivity index (χ4v) is 3.95. The summed E-state index contributed by atoms with van der Waals surface area (Å²) in [4.78, 5) is 11.3. The van der Waals surface area contributed by atoms with Crippen molar-refractivity contribution >= 4 is 5.82 Å². The molecule has 4 rings (SSSR count). The summed E-state index contributed by atoms with van der Waals surface area (Å²) in [6, 6.07) is 2.19. The lowest BCUT2D eigenvalue weighted by Crippen LogP contribution is -2.56. The molecular formula is C17H25N3O2. The summed E-state index contributed by atoms with van der Waals surface area (Å²) in [6.07, 6.45) is 8.81. The Morgan fingerprint density at radius 3 is 2.77 bits per heavy atom. The molecule has 1 atom stereocenters. The van der Waals surface area contributed by atoms with Gasteiger partial charge >= 0.3 is 0 Å². The van der Waals surface area contributed by atoms with Crippen molar-refractivity contribution in [2.24, 2.45) is 0 Å². The van der Waals surface area contributed by atoms with Crippen LogP contribution in [0.15, 0.2) is 12.4 Å². The minimum absolute atomic E-state index is 0.0736. The molecule has 0 radical (unpaired) electrons. The number of hydrogen-bond acceptors (Lipinski definition) is 5. The van der Waals surface area contributed by atoms with Crippen LogP contribution in [0.3, 0.4) is 0 Å². The second kappa shape index (κ2) is 5.78. The van der Waals surface area contributed by atoms with Gasteiger partial charge in [0, 0.05) is 44.5 Å². The Bertz CT molecular complexity index is 524. The number of nitrogens with zero attached hydrogens (tertiary/aromatic N) is 3. The second-order valence-electron chi connectivity index (χ2n) is 6.84. The summed E-state index contributed by atoms with van der Waals surface area (Å²) in [6.45, 7) is 2.85. The van der Waals surface area contributed by atoms with Crippen molar-refractivity contribution in [3.8, 4) is 0 Å². The van der Waals surface area contributed by atoms with Crippen LogP contribution in [0.5, 0.6) is 0 Å². The first-order valence-electron chi connectivity index (χ1n) is 8.54. The topological polar surface area (TPSA) is 47.5 Å². The standard InChI is InChI=1S/C17H25N3O2/c1-21-15-3-2-10-22-17(15)6-8-20(9-7-17)16-11-14(13-4-5-13)18-12-19-16/h11-13,15H,2-10H2,1H3. The Labute approximate surface area is 132 Å². The average molecular weight is 303 g/mol. The molecule has 1 saturated carbocycles. The van der Waals surface area contributed by atoms with Crippen LogP contribution in [0.2, 0.25) is 0 Å². The third-order valence-electron chi connectivity index (χ3n) is 5.47. The number of anilines is 1. The highest BCUT2D eigenvalue weighted by Crippen LogP contribution is 2.41. The van der Waals surface area contributed by atoms with Crippen LogP contribution in [-0.2, 0) is 9.47 Å². The van der Waals surface area contributed by atoms with E-state index in [9.17, 15) is 0 Å². The highest BCUT2D eigenvalue weighted by molar-refractivity contribution is 5.41. The lowest BCUT2D eigenvalue weighted by molar-refractivity contribution is -0.175. The third kappa shape index (κ3) is 2.61. The first-order chi connectivity index (χ1) is 10.8. The van der Waals surface area contributed by atoms with Crippen LogP contribution >= 0.6 is 0 Å². The molecule has 1 unspecified atom stereocenters. The average Bonchev–Trinajstić information content (AvgIpc) is 3.41. The molecule has 3 aliphatic rings. The van der Waals surface area contributed by atoms with Crippen molar-refractivity contribution in [2.45, 2.75) is 56.1 Å². The highest BCUT2D eigenvalue weighted by atomic mass is 16.5. The van der Waals surface area contributed by atoms with Gasteiger partial charge in [0.25, 0.3) is 0 Å². The van der Waals surface area contributed by atoms with Gasteiger partial charge in [-0.3, -0.25) is 0 Å². The maximum absolute atomic E-state index is 6.18. The fourth-order valence-electron chi connectivity index (χ4n) is 3.95. The zero-order valence-corrected chi connectivity index (χ0v) is 13.3. The van der Waals surface area contributed by atoms with Crippen molar-refractivity contribution < 1.29 is 9.47 Å². The molecule has 5 heteroatoms. The first kappa shape index (κ1) is 14.4. The number of ether oxygens (including phenoxy) is 2. The Morgan fingerprint density at radius 1 is 1.23 bits per heavy atom. The summed E-state index contributed by atoms with van der Waals surface area (Å²) in [5, 5.41) is 0. The predicted octanol–water partition coefficient (Wildman–Crippen LogP) is 2.52. The molecule has 2 saturated heterocycles. The molecule has 22 heavy (non-hydrogen) atoms. The van der Waals surface area contributed by atoms with Gasteiger partial charge in [0.2, 0.25) is 0 Å². The minimum Gasteiger partial charge on any atom is -0.378 e. The SMILES string of the molecule is COC1CCCOC12CCN(c1cc(C3CC3)ncn1)CC2. The van der Waals surface area contributed by atoms with E-state index in [0.29, 0.717) is 5.92 Å². The highest BCUT2D eigenvalue weighted by Gasteiger charge is 2.45. The van der Waals surface area contributed by atoms with Gasteiger partial charge in [0.1, 0.15) is 12.1 Å². The Balaban J connectivity index is 1.46. The quantitative estimate of drug-likeness (QED) is 0.858. The van der Waals surface area contributed by atoms with Crippen molar-refractivity contribution in [1.29, 1.82) is 0 Å². The maximum atomic E-state index is 6.18. The van der Waals surface area contributed by atoms with E-state index in [4.69, 9.17) is 9.47 Å². The van der Waals surface area contributed by atoms with E-state index in [-0.39, 0.29) is 11.7 Å². The zero-order chi connectivity index (χ0) is 15.0. The second-order valence-corrected chi connectivity index (χ2v) is 6.84. The van der Waals surface area contributed by atoms with Crippen LogP contribution in [0.1, 0.15) is 50.1 Å². The molecule has 120 valence electrons. The van der Waals surface area contributed by atoms with Gasteiger partial charge in [0.05, 0.1) is 11.7 Å². The van der Waals surface area contributed by atoms with Gasteiger partial charge in [-0.05, 0) is 38.5 Å². The summed E-state index contributed by atoms with van der Waals surface area (Å²) in [5.41, 5.74) is 1.14. The summed E-state index contributed by atoms with van der Waals surface area (Å²) in [7, 11) is 1.82. The normalized spacial score (nSPS) is 28.0. The smallest absolute Gasteiger partial charge is 0.132 e. The molecule has 1 aromatic heterocycles. The lowest BCUT2D eigenvalue weighted by atomic mass is 9.82. The van der Waals surface area contributed by atoms with Crippen molar-refractivity contribution in [3.63, 3.8) is 0 Å². The van der Waals surface area contributed by atoms with E-state index in [1.54, 1.807) is 6.33 Å². The Morgan fingerprint density at radius 2 is 2.05 bits per heavy atom. The minimum atomic E-state index is -0.0736. The van der Waals surface area contributed by atoms with Gasteiger partial charge in [0.15, 0.2) is 0 Å². The maximum Gasteiger partial charge on any atom is 0.132 e. The molecule has 1 aliphatic carbocycles. The molecular weight excluding hydrogens is 278 g/mol. The van der Waals surface area contributed by atoms with E-state index in [1.165, 1.54) is 18.5 Å². The van der Waals surface area contributed by atoms with Gasteiger partial charge in [-0.25, -0.2) is 9.97 Å². The van der Waals surface area contributed by atoms with Gasteiger partial charge in [-0.15, -0.1) is 0 Å². The van der Waals surface area contributed by atoms with Gasteiger partial charge in [-0.1, -0.05) is 0 Å². The number of rotatable bonds is 3. The number of methoxy groups -OCH3 is 1. The van der Waals surface area contributed by atoms with Crippen molar-refractivity contribution in [2.75, 3.05) is 31.7 Å². The first-order valence-corrected chi connectivity index (χ1v) is 8.54. The molecule has 2 aliphatic heterocycles. The molecule has 0 amide bonds. The van der Waals surface area contributed by atoms with E-state index in [0.717, 1.165) is 51.2 Å². The lowest BCUT2D eigenvalue weighted by Gasteiger charge is -2.48.